The fourth-order valence-corrected chi connectivity index (χ4v) is 5.10. The Hall–Kier alpha value is -3.32. The number of piperidine rings is 1. The zero-order valence-electron chi connectivity index (χ0n) is 19.9. The standard InChI is InChI=1S/C27H32N6O/c1-3-20-11-12-24-22(16-20)17-23(27(34)28-24)25(32-14-7-8-19(2)18-32)26-29-30-31-33(26)15-13-21-9-5-4-6-10-21/h4-6,9-12,16-17,19,25H,3,7-8,13-15,18H2,1-2H3,(H,28,34)/t19-,25+/m1/s1. The number of nitrogens with zero attached hydrogens (tertiary/aromatic N) is 5. The van der Waals surface area contributed by atoms with Gasteiger partial charge in [0.15, 0.2) is 5.82 Å². The van der Waals surface area contributed by atoms with Gasteiger partial charge in [0.25, 0.3) is 5.56 Å². The molecule has 1 aliphatic rings. The Balaban J connectivity index is 1.57. The van der Waals surface area contributed by atoms with E-state index in [2.05, 4.69) is 63.5 Å². The first-order valence-corrected chi connectivity index (χ1v) is 12.3. The van der Waals surface area contributed by atoms with E-state index in [1.807, 2.05) is 35.0 Å². The molecule has 2 aromatic carbocycles. The van der Waals surface area contributed by atoms with E-state index >= 15 is 0 Å². The third kappa shape index (κ3) is 4.66. The molecule has 0 radical (unpaired) electrons. The van der Waals surface area contributed by atoms with Crippen LogP contribution in [0, 0.1) is 5.92 Å². The van der Waals surface area contributed by atoms with Gasteiger partial charge in [-0.05, 0) is 83.3 Å². The van der Waals surface area contributed by atoms with Gasteiger partial charge in [-0.25, -0.2) is 4.68 Å². The lowest BCUT2D eigenvalue weighted by atomic mass is 9.95. The Labute approximate surface area is 199 Å². The lowest BCUT2D eigenvalue weighted by Crippen LogP contribution is -2.41. The fraction of sp³-hybridized carbons (Fsp3) is 0.407. The Morgan fingerprint density at radius 2 is 1.97 bits per heavy atom. The Kier molecular flexibility index (Phi) is 6.54. The van der Waals surface area contributed by atoms with Crippen LogP contribution in [-0.4, -0.2) is 43.2 Å². The minimum absolute atomic E-state index is 0.0717. The van der Waals surface area contributed by atoms with E-state index in [1.165, 1.54) is 17.5 Å². The number of tetrazole rings is 1. The monoisotopic (exact) mass is 456 g/mol. The second-order valence-electron chi connectivity index (χ2n) is 9.47. The quantitative estimate of drug-likeness (QED) is 0.452. The van der Waals surface area contributed by atoms with Gasteiger partial charge in [-0.1, -0.05) is 50.2 Å². The maximum atomic E-state index is 13.4. The van der Waals surface area contributed by atoms with Crippen molar-refractivity contribution in [2.75, 3.05) is 13.1 Å². The van der Waals surface area contributed by atoms with E-state index in [0.717, 1.165) is 49.1 Å². The summed E-state index contributed by atoms with van der Waals surface area (Å²) in [5, 5.41) is 13.9. The van der Waals surface area contributed by atoms with Crippen molar-refractivity contribution < 1.29 is 0 Å². The molecule has 0 unspecified atom stereocenters. The van der Waals surface area contributed by atoms with Gasteiger partial charge in [0.2, 0.25) is 0 Å². The first kappa shape index (κ1) is 22.5. The van der Waals surface area contributed by atoms with Crippen LogP contribution < -0.4 is 5.56 Å². The van der Waals surface area contributed by atoms with Crippen molar-refractivity contribution in [3.05, 3.63) is 87.5 Å². The van der Waals surface area contributed by atoms with Gasteiger partial charge in [-0.2, -0.15) is 0 Å². The van der Waals surface area contributed by atoms with Crippen LogP contribution in [0.2, 0.25) is 0 Å². The summed E-state index contributed by atoms with van der Waals surface area (Å²) in [6.45, 7) is 6.93. The van der Waals surface area contributed by atoms with Crippen LogP contribution in [0.25, 0.3) is 10.9 Å². The summed E-state index contributed by atoms with van der Waals surface area (Å²) in [7, 11) is 0. The fourth-order valence-electron chi connectivity index (χ4n) is 5.10. The molecule has 1 saturated heterocycles. The van der Waals surface area contributed by atoms with Gasteiger partial charge in [0.1, 0.15) is 6.04 Å². The number of aromatic nitrogens is 5. The number of pyridine rings is 1. The SMILES string of the molecule is CCc1ccc2[nH]c(=O)c([C@@H](c3nnnn3CCc3ccccc3)N3CCC[C@@H](C)C3)cc2c1. The number of hydrogen-bond donors (Lipinski definition) is 1. The molecule has 0 saturated carbocycles. The maximum Gasteiger partial charge on any atom is 0.253 e. The molecule has 176 valence electrons. The molecular weight excluding hydrogens is 424 g/mol. The first-order chi connectivity index (χ1) is 16.6. The van der Waals surface area contributed by atoms with Crippen LogP contribution >= 0.6 is 0 Å². The summed E-state index contributed by atoms with van der Waals surface area (Å²) in [4.78, 5) is 18.9. The number of aromatic amines is 1. The molecule has 0 bridgehead atoms. The number of nitrogens with one attached hydrogen (secondary N) is 1. The largest absolute Gasteiger partial charge is 0.322 e. The first-order valence-electron chi connectivity index (χ1n) is 12.3. The minimum Gasteiger partial charge on any atom is -0.322 e. The van der Waals surface area contributed by atoms with Gasteiger partial charge in [0.05, 0.1) is 0 Å². The summed E-state index contributed by atoms with van der Waals surface area (Å²) in [6.07, 6.45) is 4.09. The maximum absolute atomic E-state index is 13.4. The van der Waals surface area contributed by atoms with Gasteiger partial charge in [-0.15, -0.1) is 5.10 Å². The molecule has 7 nitrogen and oxygen atoms in total. The summed E-state index contributed by atoms with van der Waals surface area (Å²) in [5.74, 6) is 1.30. The van der Waals surface area contributed by atoms with E-state index in [1.54, 1.807) is 0 Å². The molecule has 0 aliphatic carbocycles. The molecule has 0 spiro atoms. The minimum atomic E-state index is -0.285. The summed E-state index contributed by atoms with van der Waals surface area (Å²) in [6, 6.07) is 18.4. The molecular formula is C27H32N6O. The molecule has 1 fully saturated rings. The number of likely N-dealkylation sites (tertiary alicyclic amines) is 1. The molecule has 0 amide bonds. The van der Waals surface area contributed by atoms with Crippen LogP contribution in [0.5, 0.6) is 0 Å². The van der Waals surface area contributed by atoms with Gasteiger partial charge < -0.3 is 4.98 Å². The number of hydrogen-bond acceptors (Lipinski definition) is 5. The van der Waals surface area contributed by atoms with Crippen molar-refractivity contribution in [3.8, 4) is 0 Å². The molecule has 2 aromatic heterocycles. The van der Waals surface area contributed by atoms with Crippen molar-refractivity contribution >= 4 is 10.9 Å². The normalized spacial score (nSPS) is 17.8. The number of aryl methyl sites for hydroxylation is 3. The molecule has 1 N–H and O–H groups in total. The number of rotatable bonds is 7. The van der Waals surface area contributed by atoms with Crippen LogP contribution in [0.15, 0.2) is 59.4 Å². The van der Waals surface area contributed by atoms with Crippen molar-refractivity contribution in [2.45, 2.75) is 52.1 Å². The molecule has 1 aliphatic heterocycles. The number of H-pyrrole nitrogens is 1. The second-order valence-corrected chi connectivity index (χ2v) is 9.47. The highest BCUT2D eigenvalue weighted by Crippen LogP contribution is 2.31. The van der Waals surface area contributed by atoms with Crippen LogP contribution in [-0.2, 0) is 19.4 Å². The van der Waals surface area contributed by atoms with Crippen molar-refractivity contribution in [2.24, 2.45) is 5.92 Å². The van der Waals surface area contributed by atoms with Gasteiger partial charge in [-0.3, -0.25) is 9.69 Å². The zero-order valence-corrected chi connectivity index (χ0v) is 19.9. The van der Waals surface area contributed by atoms with Gasteiger partial charge >= 0.3 is 0 Å². The third-order valence-corrected chi connectivity index (χ3v) is 6.95. The van der Waals surface area contributed by atoms with Crippen LogP contribution in [0.1, 0.15) is 55.2 Å². The van der Waals surface area contributed by atoms with Crippen LogP contribution in [0.3, 0.4) is 0 Å². The summed E-state index contributed by atoms with van der Waals surface area (Å²) >= 11 is 0. The molecule has 5 rings (SSSR count). The molecule has 2 atom stereocenters. The average molecular weight is 457 g/mol. The molecule has 34 heavy (non-hydrogen) atoms. The van der Waals surface area contributed by atoms with E-state index in [0.29, 0.717) is 18.0 Å². The van der Waals surface area contributed by atoms with Crippen LogP contribution in [0.4, 0.5) is 0 Å². The van der Waals surface area contributed by atoms with E-state index < -0.39 is 0 Å². The molecule has 4 aromatic rings. The smallest absolute Gasteiger partial charge is 0.253 e. The predicted octanol–water partition coefficient (Wildman–Crippen LogP) is 4.14. The van der Waals surface area contributed by atoms with Gasteiger partial charge in [0, 0.05) is 24.2 Å². The average Bonchev–Trinajstić information content (AvgIpc) is 3.32. The van der Waals surface area contributed by atoms with E-state index in [4.69, 9.17) is 0 Å². The Bertz CT molecular complexity index is 1310. The second kappa shape index (κ2) is 9.89. The topological polar surface area (TPSA) is 79.7 Å². The van der Waals surface area contributed by atoms with E-state index in [-0.39, 0.29) is 11.6 Å². The highest BCUT2D eigenvalue weighted by Gasteiger charge is 2.32. The van der Waals surface area contributed by atoms with Crippen molar-refractivity contribution in [3.63, 3.8) is 0 Å². The third-order valence-electron chi connectivity index (χ3n) is 6.95. The summed E-state index contributed by atoms with van der Waals surface area (Å²) < 4.78 is 1.88. The number of benzene rings is 2. The highest BCUT2D eigenvalue weighted by molar-refractivity contribution is 5.80. The number of fused-ring (bicyclic) bond motifs is 1. The van der Waals surface area contributed by atoms with E-state index in [9.17, 15) is 4.79 Å². The predicted molar refractivity (Wildman–Crippen MR) is 134 cm³/mol. The molecule has 7 heteroatoms. The van der Waals surface area contributed by atoms with Crippen molar-refractivity contribution in [1.29, 1.82) is 0 Å². The lowest BCUT2D eigenvalue weighted by Gasteiger charge is -2.36. The summed E-state index contributed by atoms with van der Waals surface area (Å²) in [5.41, 5.74) is 3.99. The highest BCUT2D eigenvalue weighted by atomic mass is 16.1. The Morgan fingerprint density at radius 1 is 1.12 bits per heavy atom. The van der Waals surface area contributed by atoms with Crippen molar-refractivity contribution in [1.82, 2.24) is 30.1 Å². The lowest BCUT2D eigenvalue weighted by molar-refractivity contribution is 0.141. The zero-order chi connectivity index (χ0) is 23.5. The Morgan fingerprint density at radius 3 is 2.76 bits per heavy atom. The molecule has 3 heterocycles.